The lowest BCUT2D eigenvalue weighted by Gasteiger charge is -2.26. The second-order valence-electron chi connectivity index (χ2n) is 7.95. The summed E-state index contributed by atoms with van der Waals surface area (Å²) in [4.78, 5) is 27.9. The maximum atomic E-state index is 13.3. The average molecular weight is 464 g/mol. The largest absolute Gasteiger partial charge is 0.508 e. The number of aliphatic hydroxyl groups excluding tert-OH is 1. The van der Waals surface area contributed by atoms with Gasteiger partial charge in [-0.25, -0.2) is 0 Å². The summed E-state index contributed by atoms with van der Waals surface area (Å²) in [6.07, 6.45) is 0. The number of hydrogen-bond donors (Lipinski definition) is 2. The molecule has 33 heavy (non-hydrogen) atoms. The molecule has 4 rings (SSSR count). The van der Waals surface area contributed by atoms with Gasteiger partial charge in [-0.2, -0.15) is 0 Å². The SMILES string of the molecule is COc1ccc(Cl)cc1/C(O)=C1\C(=O)C(=O)N(c2cc(C)cc(C)c2)C1c1ccc(O)cc1. The zero-order chi connectivity index (χ0) is 23.9. The minimum atomic E-state index is -0.921. The quantitative estimate of drug-likeness (QED) is 0.311. The number of aromatic hydroxyl groups is 1. The first-order valence-corrected chi connectivity index (χ1v) is 10.6. The fourth-order valence-electron chi connectivity index (χ4n) is 4.17. The second kappa shape index (κ2) is 8.64. The van der Waals surface area contributed by atoms with E-state index in [1.807, 2.05) is 32.0 Å². The van der Waals surface area contributed by atoms with Gasteiger partial charge in [0.1, 0.15) is 17.3 Å². The van der Waals surface area contributed by atoms with Crippen LogP contribution in [0.5, 0.6) is 11.5 Å². The van der Waals surface area contributed by atoms with Gasteiger partial charge in [0.2, 0.25) is 0 Å². The van der Waals surface area contributed by atoms with Crippen LogP contribution in [0.4, 0.5) is 5.69 Å². The van der Waals surface area contributed by atoms with E-state index in [1.165, 1.54) is 30.2 Å². The molecule has 6 nitrogen and oxygen atoms in total. The highest BCUT2D eigenvalue weighted by molar-refractivity contribution is 6.51. The number of phenolic OH excluding ortho intramolecular Hbond substituents is 1. The fourth-order valence-corrected chi connectivity index (χ4v) is 4.34. The van der Waals surface area contributed by atoms with Gasteiger partial charge in [0.15, 0.2) is 0 Å². The first-order chi connectivity index (χ1) is 15.7. The number of aryl methyl sites for hydroxylation is 2. The molecule has 3 aromatic rings. The van der Waals surface area contributed by atoms with E-state index in [2.05, 4.69) is 0 Å². The van der Waals surface area contributed by atoms with E-state index in [9.17, 15) is 19.8 Å². The molecular formula is C26H22ClNO5. The third-order valence-electron chi connectivity index (χ3n) is 5.55. The van der Waals surface area contributed by atoms with Crippen LogP contribution in [0.25, 0.3) is 5.76 Å². The topological polar surface area (TPSA) is 87.1 Å². The summed E-state index contributed by atoms with van der Waals surface area (Å²) in [5.74, 6) is -1.64. The van der Waals surface area contributed by atoms with Gasteiger partial charge in [-0.05, 0) is 73.0 Å². The van der Waals surface area contributed by atoms with Crippen molar-refractivity contribution >= 4 is 34.7 Å². The molecule has 2 N–H and O–H groups in total. The predicted molar refractivity (Wildman–Crippen MR) is 127 cm³/mol. The van der Waals surface area contributed by atoms with Gasteiger partial charge in [-0.1, -0.05) is 29.8 Å². The van der Waals surface area contributed by atoms with Crippen LogP contribution >= 0.6 is 11.6 Å². The van der Waals surface area contributed by atoms with Crippen LogP contribution in [-0.2, 0) is 9.59 Å². The van der Waals surface area contributed by atoms with Gasteiger partial charge in [0.05, 0.1) is 24.3 Å². The first kappa shape index (κ1) is 22.4. The number of aliphatic hydroxyl groups is 1. The Bertz CT molecular complexity index is 1280. The third-order valence-corrected chi connectivity index (χ3v) is 5.79. The van der Waals surface area contributed by atoms with Gasteiger partial charge in [-0.3, -0.25) is 14.5 Å². The molecule has 0 aliphatic carbocycles. The van der Waals surface area contributed by atoms with Crippen molar-refractivity contribution < 1.29 is 24.5 Å². The first-order valence-electron chi connectivity index (χ1n) is 10.2. The number of methoxy groups -OCH3 is 1. The molecule has 0 saturated carbocycles. The highest BCUT2D eigenvalue weighted by atomic mass is 35.5. The van der Waals surface area contributed by atoms with Crippen molar-refractivity contribution in [2.75, 3.05) is 12.0 Å². The van der Waals surface area contributed by atoms with Crippen LogP contribution in [0.15, 0.2) is 66.2 Å². The van der Waals surface area contributed by atoms with E-state index in [0.717, 1.165) is 11.1 Å². The number of ether oxygens (including phenoxy) is 1. The highest BCUT2D eigenvalue weighted by Gasteiger charge is 2.47. The van der Waals surface area contributed by atoms with Gasteiger partial charge in [0, 0.05) is 10.7 Å². The molecule has 1 heterocycles. The van der Waals surface area contributed by atoms with Gasteiger partial charge in [-0.15, -0.1) is 0 Å². The van der Waals surface area contributed by atoms with Crippen LogP contribution in [-0.4, -0.2) is 29.0 Å². The lowest BCUT2D eigenvalue weighted by molar-refractivity contribution is -0.132. The normalized spacial score (nSPS) is 17.5. The zero-order valence-electron chi connectivity index (χ0n) is 18.3. The second-order valence-corrected chi connectivity index (χ2v) is 8.39. The maximum absolute atomic E-state index is 13.3. The van der Waals surface area contributed by atoms with Crippen molar-refractivity contribution in [2.24, 2.45) is 0 Å². The number of nitrogens with zero attached hydrogens (tertiary/aromatic N) is 1. The minimum absolute atomic E-state index is 0.0404. The third kappa shape index (κ3) is 4.05. The molecule has 1 unspecified atom stereocenters. The summed E-state index contributed by atoms with van der Waals surface area (Å²) in [6.45, 7) is 3.80. The van der Waals surface area contributed by atoms with Crippen molar-refractivity contribution in [3.05, 3.63) is 93.5 Å². The Labute approximate surface area is 196 Å². The molecule has 1 atom stereocenters. The summed E-state index contributed by atoms with van der Waals surface area (Å²) in [7, 11) is 1.44. The Morgan fingerprint density at radius 1 is 0.970 bits per heavy atom. The molecule has 0 spiro atoms. The van der Waals surface area contributed by atoms with E-state index in [1.54, 1.807) is 24.3 Å². The van der Waals surface area contributed by atoms with Crippen LogP contribution in [0, 0.1) is 13.8 Å². The standard InChI is InChI=1S/C26H22ClNO5/c1-14-10-15(2)12-18(11-14)28-23(16-4-7-19(29)8-5-16)22(25(31)26(28)32)24(30)20-13-17(27)6-9-21(20)33-3/h4-13,23,29-30H,1-3H3/b24-22+. The summed E-state index contributed by atoms with van der Waals surface area (Å²) in [5, 5.41) is 21.4. The summed E-state index contributed by atoms with van der Waals surface area (Å²) >= 11 is 6.14. The molecule has 1 saturated heterocycles. The Morgan fingerprint density at radius 2 is 1.61 bits per heavy atom. The number of halogens is 1. The average Bonchev–Trinajstić information content (AvgIpc) is 3.03. The monoisotopic (exact) mass is 463 g/mol. The van der Waals surface area contributed by atoms with Gasteiger partial charge >= 0.3 is 0 Å². The number of hydrogen-bond acceptors (Lipinski definition) is 5. The van der Waals surface area contributed by atoms with Crippen molar-refractivity contribution in [3.63, 3.8) is 0 Å². The Morgan fingerprint density at radius 3 is 2.21 bits per heavy atom. The van der Waals surface area contributed by atoms with Crippen LogP contribution in [0.3, 0.4) is 0 Å². The molecule has 1 fully saturated rings. The summed E-state index contributed by atoms with van der Waals surface area (Å²) < 4.78 is 5.35. The molecule has 1 amide bonds. The molecule has 1 aliphatic heterocycles. The smallest absolute Gasteiger partial charge is 0.300 e. The molecule has 7 heteroatoms. The Balaban J connectivity index is 2.00. The van der Waals surface area contributed by atoms with E-state index >= 15 is 0 Å². The summed E-state index contributed by atoms with van der Waals surface area (Å²) in [5.41, 5.74) is 3.04. The maximum Gasteiger partial charge on any atom is 0.300 e. The molecule has 1 aliphatic rings. The fraction of sp³-hybridized carbons (Fsp3) is 0.154. The molecule has 0 bridgehead atoms. The molecular weight excluding hydrogens is 442 g/mol. The number of amides is 1. The summed E-state index contributed by atoms with van der Waals surface area (Å²) in [6, 6.07) is 15.5. The van der Waals surface area contributed by atoms with E-state index in [-0.39, 0.29) is 16.9 Å². The minimum Gasteiger partial charge on any atom is -0.508 e. The lowest BCUT2D eigenvalue weighted by Crippen LogP contribution is -2.29. The molecule has 0 aromatic heterocycles. The number of benzene rings is 3. The zero-order valence-corrected chi connectivity index (χ0v) is 19.1. The lowest BCUT2D eigenvalue weighted by atomic mass is 9.94. The highest BCUT2D eigenvalue weighted by Crippen LogP contribution is 2.44. The molecule has 168 valence electrons. The van der Waals surface area contributed by atoms with Crippen LogP contribution in [0.2, 0.25) is 5.02 Å². The van der Waals surface area contributed by atoms with Gasteiger partial charge < -0.3 is 14.9 Å². The number of carbonyl (C=O) groups is 2. The number of Topliss-reactive ketones (excluding diaryl/α,β-unsaturated/α-hetero) is 1. The Hall–Kier alpha value is -3.77. The Kier molecular flexibility index (Phi) is 5.87. The van der Waals surface area contributed by atoms with E-state index < -0.39 is 23.5 Å². The van der Waals surface area contributed by atoms with E-state index in [4.69, 9.17) is 16.3 Å². The van der Waals surface area contributed by atoms with Crippen LogP contribution in [0.1, 0.15) is 28.3 Å². The van der Waals surface area contributed by atoms with E-state index in [0.29, 0.717) is 22.0 Å². The van der Waals surface area contributed by atoms with Crippen molar-refractivity contribution in [3.8, 4) is 11.5 Å². The van der Waals surface area contributed by atoms with Crippen LogP contribution < -0.4 is 9.64 Å². The van der Waals surface area contributed by atoms with Gasteiger partial charge in [0.25, 0.3) is 11.7 Å². The molecule has 3 aromatic carbocycles. The number of ketones is 1. The number of anilines is 1. The number of rotatable bonds is 4. The number of carbonyl (C=O) groups excluding carboxylic acids is 2. The molecule has 0 radical (unpaired) electrons. The predicted octanol–water partition coefficient (Wildman–Crippen LogP) is 5.30. The van der Waals surface area contributed by atoms with Crippen molar-refractivity contribution in [1.29, 1.82) is 0 Å². The van der Waals surface area contributed by atoms with Crippen molar-refractivity contribution in [1.82, 2.24) is 0 Å². The van der Waals surface area contributed by atoms with Crippen molar-refractivity contribution in [2.45, 2.75) is 19.9 Å². The number of phenols is 1.